The van der Waals surface area contributed by atoms with Gasteiger partial charge in [-0.1, -0.05) is 15.9 Å². The highest BCUT2D eigenvalue weighted by molar-refractivity contribution is 9.09. The van der Waals surface area contributed by atoms with Crippen molar-refractivity contribution in [3.63, 3.8) is 0 Å². The van der Waals surface area contributed by atoms with E-state index in [1.54, 1.807) is 6.92 Å². The first-order chi connectivity index (χ1) is 8.00. The number of halogens is 1. The van der Waals surface area contributed by atoms with Crippen LogP contribution in [0.25, 0.3) is 0 Å². The zero-order valence-electron chi connectivity index (χ0n) is 9.52. The molecule has 1 aromatic rings. The standard InChI is InChI=1S/C11H14BrNO3S/c1-6-13-11(10(16-6)7-2-3-7)17(14,15)9-5-4-8(9)12/h7-9H,2-5H2,1H3/t8?,9-/m0/s1. The van der Waals surface area contributed by atoms with Crippen LogP contribution in [0.2, 0.25) is 0 Å². The summed E-state index contributed by atoms with van der Waals surface area (Å²) in [6.45, 7) is 1.71. The van der Waals surface area contributed by atoms with Gasteiger partial charge in [0.15, 0.2) is 10.9 Å². The van der Waals surface area contributed by atoms with Crippen molar-refractivity contribution in [3.05, 3.63) is 11.7 Å². The molecule has 2 atom stereocenters. The molecule has 1 heterocycles. The topological polar surface area (TPSA) is 60.2 Å². The van der Waals surface area contributed by atoms with E-state index in [4.69, 9.17) is 4.42 Å². The van der Waals surface area contributed by atoms with Crippen molar-refractivity contribution in [1.82, 2.24) is 4.98 Å². The maximum Gasteiger partial charge on any atom is 0.203 e. The predicted octanol–water partition coefficient (Wildman–Crippen LogP) is 2.56. The molecule has 3 rings (SSSR count). The highest BCUT2D eigenvalue weighted by Gasteiger charge is 2.45. The lowest BCUT2D eigenvalue weighted by Gasteiger charge is -2.30. The summed E-state index contributed by atoms with van der Waals surface area (Å²) >= 11 is 3.41. The Labute approximate surface area is 109 Å². The number of aromatic nitrogens is 1. The first-order valence-corrected chi connectivity index (χ1v) is 8.31. The molecule has 2 saturated carbocycles. The highest BCUT2D eigenvalue weighted by atomic mass is 79.9. The Hall–Kier alpha value is -0.360. The molecule has 1 aromatic heterocycles. The highest BCUT2D eigenvalue weighted by Crippen LogP contribution is 2.45. The summed E-state index contributed by atoms with van der Waals surface area (Å²) in [7, 11) is -3.32. The fourth-order valence-corrected chi connectivity index (χ4v) is 5.54. The lowest BCUT2D eigenvalue weighted by Crippen LogP contribution is -2.39. The minimum Gasteiger partial charge on any atom is -0.444 e. The Kier molecular flexibility index (Phi) is 2.63. The summed E-state index contributed by atoms with van der Waals surface area (Å²) < 4.78 is 30.4. The van der Waals surface area contributed by atoms with Crippen molar-refractivity contribution >= 4 is 25.8 Å². The number of aryl methyl sites for hydroxylation is 1. The van der Waals surface area contributed by atoms with Crippen LogP contribution in [0.15, 0.2) is 9.44 Å². The molecular weight excluding hydrogens is 306 g/mol. The van der Waals surface area contributed by atoms with Crippen LogP contribution in [0.1, 0.15) is 43.3 Å². The molecule has 4 nitrogen and oxygen atoms in total. The first kappa shape index (κ1) is 11.7. The Morgan fingerprint density at radius 1 is 1.29 bits per heavy atom. The SMILES string of the molecule is Cc1nc(S(=O)(=O)[C@H]2CCC2Br)c(C2CC2)o1. The summed E-state index contributed by atoms with van der Waals surface area (Å²) in [6, 6.07) is 0. The van der Waals surface area contributed by atoms with Gasteiger partial charge in [-0.3, -0.25) is 0 Å². The van der Waals surface area contributed by atoms with Crippen molar-refractivity contribution in [2.24, 2.45) is 0 Å². The van der Waals surface area contributed by atoms with Gasteiger partial charge in [0.05, 0.1) is 5.25 Å². The second-order valence-corrected chi connectivity index (χ2v) is 8.11. The summed E-state index contributed by atoms with van der Waals surface area (Å²) in [6.07, 6.45) is 3.66. The molecule has 17 heavy (non-hydrogen) atoms. The largest absolute Gasteiger partial charge is 0.444 e. The lowest BCUT2D eigenvalue weighted by molar-refractivity contribution is 0.467. The predicted molar refractivity (Wildman–Crippen MR) is 66.1 cm³/mol. The third kappa shape index (κ3) is 1.85. The van der Waals surface area contributed by atoms with Crippen LogP contribution in [-0.2, 0) is 9.84 Å². The van der Waals surface area contributed by atoms with Gasteiger partial charge in [0, 0.05) is 17.7 Å². The van der Waals surface area contributed by atoms with E-state index in [2.05, 4.69) is 20.9 Å². The minimum absolute atomic E-state index is 0.0663. The second kappa shape index (κ2) is 3.82. The van der Waals surface area contributed by atoms with E-state index in [0.717, 1.165) is 19.3 Å². The summed E-state index contributed by atoms with van der Waals surface area (Å²) in [5, 5.41) is -0.129. The van der Waals surface area contributed by atoms with Crippen molar-refractivity contribution in [1.29, 1.82) is 0 Å². The van der Waals surface area contributed by atoms with Crippen molar-refractivity contribution in [2.75, 3.05) is 0 Å². The van der Waals surface area contributed by atoms with Crippen LogP contribution in [0.4, 0.5) is 0 Å². The van der Waals surface area contributed by atoms with Gasteiger partial charge in [0.1, 0.15) is 5.76 Å². The van der Waals surface area contributed by atoms with E-state index in [0.29, 0.717) is 18.1 Å². The number of hydrogen-bond donors (Lipinski definition) is 0. The van der Waals surface area contributed by atoms with Crippen LogP contribution < -0.4 is 0 Å². The maximum atomic E-state index is 12.4. The molecule has 2 aliphatic rings. The average molecular weight is 320 g/mol. The lowest BCUT2D eigenvalue weighted by atomic mass is 10.00. The van der Waals surface area contributed by atoms with E-state index in [1.807, 2.05) is 0 Å². The van der Waals surface area contributed by atoms with Crippen molar-refractivity contribution < 1.29 is 12.8 Å². The van der Waals surface area contributed by atoms with Gasteiger partial charge in [0.2, 0.25) is 9.84 Å². The molecular formula is C11H14BrNO3S. The normalized spacial score (nSPS) is 29.1. The molecule has 0 bridgehead atoms. The van der Waals surface area contributed by atoms with Crippen LogP contribution >= 0.6 is 15.9 Å². The number of rotatable bonds is 3. The molecule has 94 valence electrons. The van der Waals surface area contributed by atoms with E-state index in [-0.39, 0.29) is 21.0 Å². The number of alkyl halides is 1. The molecule has 1 unspecified atom stereocenters. The van der Waals surface area contributed by atoms with Crippen LogP contribution in [0.5, 0.6) is 0 Å². The van der Waals surface area contributed by atoms with E-state index in [1.165, 1.54) is 0 Å². The van der Waals surface area contributed by atoms with Gasteiger partial charge in [-0.25, -0.2) is 13.4 Å². The van der Waals surface area contributed by atoms with Crippen molar-refractivity contribution in [2.45, 2.75) is 53.6 Å². The quantitative estimate of drug-likeness (QED) is 0.803. The van der Waals surface area contributed by atoms with Crippen LogP contribution in [0.3, 0.4) is 0 Å². The zero-order chi connectivity index (χ0) is 12.2. The fraction of sp³-hybridized carbons (Fsp3) is 0.727. The number of sulfone groups is 1. The molecule has 0 N–H and O–H groups in total. The average Bonchev–Trinajstić information content (AvgIpc) is 2.99. The van der Waals surface area contributed by atoms with Crippen LogP contribution in [-0.4, -0.2) is 23.5 Å². The van der Waals surface area contributed by atoms with E-state index in [9.17, 15) is 8.42 Å². The van der Waals surface area contributed by atoms with Gasteiger partial charge in [-0.05, 0) is 25.7 Å². The third-order valence-electron chi connectivity index (χ3n) is 3.47. The first-order valence-electron chi connectivity index (χ1n) is 5.85. The van der Waals surface area contributed by atoms with E-state index < -0.39 is 9.84 Å². The molecule has 0 aliphatic heterocycles. The van der Waals surface area contributed by atoms with Gasteiger partial charge in [-0.15, -0.1) is 0 Å². The van der Waals surface area contributed by atoms with Crippen LogP contribution in [0, 0.1) is 6.92 Å². The Balaban J connectivity index is 2.02. The van der Waals surface area contributed by atoms with E-state index >= 15 is 0 Å². The molecule has 0 radical (unpaired) electrons. The number of oxazole rings is 1. The minimum atomic E-state index is -3.32. The second-order valence-electron chi connectivity index (χ2n) is 4.85. The van der Waals surface area contributed by atoms with Gasteiger partial charge < -0.3 is 4.42 Å². The van der Waals surface area contributed by atoms with Gasteiger partial charge in [0.25, 0.3) is 0 Å². The fourth-order valence-electron chi connectivity index (χ4n) is 2.15. The monoisotopic (exact) mass is 319 g/mol. The molecule has 0 aromatic carbocycles. The Morgan fingerprint density at radius 2 is 2.00 bits per heavy atom. The molecule has 0 spiro atoms. The van der Waals surface area contributed by atoms with Crippen molar-refractivity contribution in [3.8, 4) is 0 Å². The smallest absolute Gasteiger partial charge is 0.203 e. The number of hydrogen-bond acceptors (Lipinski definition) is 4. The molecule has 0 amide bonds. The molecule has 6 heteroatoms. The Bertz CT molecular complexity index is 547. The number of nitrogens with zero attached hydrogens (tertiary/aromatic N) is 1. The summed E-state index contributed by atoms with van der Waals surface area (Å²) in [5.74, 6) is 1.32. The molecule has 2 fully saturated rings. The Morgan fingerprint density at radius 3 is 2.47 bits per heavy atom. The van der Waals surface area contributed by atoms with Gasteiger partial charge >= 0.3 is 0 Å². The molecule has 0 saturated heterocycles. The summed E-state index contributed by atoms with van der Waals surface area (Å²) in [5.41, 5.74) is 0. The maximum absolute atomic E-state index is 12.4. The third-order valence-corrected chi connectivity index (χ3v) is 7.11. The van der Waals surface area contributed by atoms with Gasteiger partial charge in [-0.2, -0.15) is 0 Å². The summed E-state index contributed by atoms with van der Waals surface area (Å²) in [4.78, 5) is 4.17. The molecule has 2 aliphatic carbocycles. The zero-order valence-corrected chi connectivity index (χ0v) is 11.9.